The van der Waals surface area contributed by atoms with Gasteiger partial charge in [-0.25, -0.2) is 0 Å². The molecule has 0 saturated carbocycles. The minimum absolute atomic E-state index is 0.593. The third kappa shape index (κ3) is 1.89. The van der Waals surface area contributed by atoms with Crippen molar-refractivity contribution in [3.05, 3.63) is 72.3 Å². The van der Waals surface area contributed by atoms with E-state index in [1.54, 1.807) is 0 Å². The van der Waals surface area contributed by atoms with Crippen molar-refractivity contribution in [2.24, 2.45) is 5.73 Å². The van der Waals surface area contributed by atoms with Gasteiger partial charge >= 0.3 is 0 Å². The molecule has 0 aliphatic heterocycles. The maximum atomic E-state index is 5.63. The summed E-state index contributed by atoms with van der Waals surface area (Å²) in [6.07, 6.45) is 0. The fourth-order valence-electron chi connectivity index (χ4n) is 2.30. The lowest BCUT2D eigenvalue weighted by molar-refractivity contribution is 1.07. The van der Waals surface area contributed by atoms with Gasteiger partial charge in [0.1, 0.15) is 0 Å². The quantitative estimate of drug-likeness (QED) is 0.712. The van der Waals surface area contributed by atoms with Gasteiger partial charge in [0, 0.05) is 6.54 Å². The average Bonchev–Trinajstić information content (AvgIpc) is 2.47. The van der Waals surface area contributed by atoms with Gasteiger partial charge in [0.15, 0.2) is 0 Å². The summed E-state index contributed by atoms with van der Waals surface area (Å²) in [7, 11) is 0. The van der Waals surface area contributed by atoms with Gasteiger partial charge in [0.25, 0.3) is 0 Å². The second kappa shape index (κ2) is 4.63. The first-order chi connectivity index (χ1) is 8.88. The molecule has 0 radical (unpaired) electrons. The first kappa shape index (κ1) is 11.0. The topological polar surface area (TPSA) is 26.0 Å². The van der Waals surface area contributed by atoms with Crippen LogP contribution in [-0.4, -0.2) is 0 Å². The summed E-state index contributed by atoms with van der Waals surface area (Å²) in [4.78, 5) is 0. The summed E-state index contributed by atoms with van der Waals surface area (Å²) < 4.78 is 0. The fourth-order valence-corrected chi connectivity index (χ4v) is 2.30. The molecule has 0 heterocycles. The number of hydrogen-bond acceptors (Lipinski definition) is 1. The van der Waals surface area contributed by atoms with E-state index in [9.17, 15) is 0 Å². The molecule has 1 nitrogen and oxygen atoms in total. The molecular weight excluding hydrogens is 218 g/mol. The lowest BCUT2D eigenvalue weighted by Crippen LogP contribution is -1.95. The van der Waals surface area contributed by atoms with Gasteiger partial charge in [-0.15, -0.1) is 0 Å². The number of fused-ring (bicyclic) bond motifs is 1. The zero-order chi connectivity index (χ0) is 12.4. The van der Waals surface area contributed by atoms with E-state index >= 15 is 0 Å². The van der Waals surface area contributed by atoms with Crippen LogP contribution in [0.4, 0.5) is 0 Å². The van der Waals surface area contributed by atoms with Crippen LogP contribution in [0.5, 0.6) is 0 Å². The molecule has 0 saturated heterocycles. The van der Waals surface area contributed by atoms with Crippen LogP contribution in [0.3, 0.4) is 0 Å². The number of benzene rings is 3. The molecule has 3 aromatic carbocycles. The summed E-state index contributed by atoms with van der Waals surface area (Å²) >= 11 is 0. The van der Waals surface area contributed by atoms with Crippen molar-refractivity contribution in [1.29, 1.82) is 0 Å². The standard InChI is InChI=1S/C17H15N/c18-12-13-8-10-15(11-9-13)17-7-3-5-14-4-1-2-6-16(14)17/h1-11H,12,18H2. The van der Waals surface area contributed by atoms with E-state index in [2.05, 4.69) is 66.7 Å². The second-order valence-corrected chi connectivity index (χ2v) is 4.43. The fraction of sp³-hybridized carbons (Fsp3) is 0.0588. The molecule has 88 valence electrons. The normalized spacial score (nSPS) is 10.7. The molecule has 0 aliphatic rings. The highest BCUT2D eigenvalue weighted by Gasteiger charge is 2.02. The van der Waals surface area contributed by atoms with Crippen molar-refractivity contribution in [2.45, 2.75) is 6.54 Å². The van der Waals surface area contributed by atoms with Crippen LogP contribution in [0.2, 0.25) is 0 Å². The average molecular weight is 233 g/mol. The van der Waals surface area contributed by atoms with E-state index in [1.165, 1.54) is 27.5 Å². The Morgan fingerprint density at radius 1 is 0.722 bits per heavy atom. The SMILES string of the molecule is NCc1ccc(-c2cccc3ccccc23)cc1. The van der Waals surface area contributed by atoms with Gasteiger partial charge < -0.3 is 5.73 Å². The van der Waals surface area contributed by atoms with E-state index in [1.807, 2.05) is 0 Å². The van der Waals surface area contributed by atoms with Gasteiger partial charge in [0.2, 0.25) is 0 Å². The van der Waals surface area contributed by atoms with E-state index in [0.29, 0.717) is 6.54 Å². The lowest BCUT2D eigenvalue weighted by atomic mass is 9.97. The van der Waals surface area contributed by atoms with Crippen LogP contribution < -0.4 is 5.73 Å². The van der Waals surface area contributed by atoms with Crippen molar-refractivity contribution >= 4 is 10.8 Å². The maximum absolute atomic E-state index is 5.63. The monoisotopic (exact) mass is 233 g/mol. The van der Waals surface area contributed by atoms with Crippen LogP contribution in [0.1, 0.15) is 5.56 Å². The highest BCUT2D eigenvalue weighted by molar-refractivity contribution is 5.96. The summed E-state index contributed by atoms with van der Waals surface area (Å²) in [6.45, 7) is 0.593. The van der Waals surface area contributed by atoms with Crippen molar-refractivity contribution in [3.63, 3.8) is 0 Å². The first-order valence-electron chi connectivity index (χ1n) is 6.15. The minimum Gasteiger partial charge on any atom is -0.326 e. The van der Waals surface area contributed by atoms with E-state index < -0.39 is 0 Å². The van der Waals surface area contributed by atoms with Gasteiger partial charge in [-0.3, -0.25) is 0 Å². The Morgan fingerprint density at radius 3 is 2.22 bits per heavy atom. The third-order valence-electron chi connectivity index (χ3n) is 3.29. The molecule has 0 aromatic heterocycles. The number of nitrogens with two attached hydrogens (primary N) is 1. The molecule has 0 fully saturated rings. The Balaban J connectivity index is 2.18. The van der Waals surface area contributed by atoms with Gasteiger partial charge in [0.05, 0.1) is 0 Å². The number of hydrogen-bond donors (Lipinski definition) is 1. The molecule has 0 aliphatic carbocycles. The first-order valence-corrected chi connectivity index (χ1v) is 6.15. The van der Waals surface area contributed by atoms with Crippen LogP contribution in [0, 0.1) is 0 Å². The van der Waals surface area contributed by atoms with Gasteiger partial charge in [-0.05, 0) is 27.5 Å². The molecule has 0 atom stereocenters. The summed E-state index contributed by atoms with van der Waals surface area (Å²) in [5.74, 6) is 0. The summed E-state index contributed by atoms with van der Waals surface area (Å²) in [5, 5.41) is 2.57. The van der Waals surface area contributed by atoms with E-state index in [-0.39, 0.29) is 0 Å². The molecule has 1 heteroatoms. The molecule has 0 amide bonds. The molecule has 3 aromatic rings. The van der Waals surface area contributed by atoms with Crippen LogP contribution in [-0.2, 0) is 6.54 Å². The Labute approximate surface area is 107 Å². The highest BCUT2D eigenvalue weighted by atomic mass is 14.5. The Morgan fingerprint density at radius 2 is 1.44 bits per heavy atom. The van der Waals surface area contributed by atoms with Crippen LogP contribution in [0.25, 0.3) is 21.9 Å². The predicted octanol–water partition coefficient (Wildman–Crippen LogP) is 3.97. The molecule has 0 bridgehead atoms. The largest absolute Gasteiger partial charge is 0.326 e. The predicted molar refractivity (Wildman–Crippen MR) is 77.3 cm³/mol. The van der Waals surface area contributed by atoms with Crippen molar-refractivity contribution in [2.75, 3.05) is 0 Å². The minimum atomic E-state index is 0.593. The van der Waals surface area contributed by atoms with Crippen molar-refractivity contribution in [3.8, 4) is 11.1 Å². The third-order valence-corrected chi connectivity index (χ3v) is 3.29. The van der Waals surface area contributed by atoms with Crippen LogP contribution >= 0.6 is 0 Å². The smallest absolute Gasteiger partial charge is 0.0178 e. The number of rotatable bonds is 2. The second-order valence-electron chi connectivity index (χ2n) is 4.43. The highest BCUT2D eigenvalue weighted by Crippen LogP contribution is 2.28. The van der Waals surface area contributed by atoms with Gasteiger partial charge in [-0.1, -0.05) is 66.7 Å². The molecule has 3 rings (SSSR count). The molecule has 18 heavy (non-hydrogen) atoms. The summed E-state index contributed by atoms with van der Waals surface area (Å²) in [5.41, 5.74) is 9.31. The van der Waals surface area contributed by atoms with E-state index in [0.717, 1.165) is 0 Å². The molecule has 2 N–H and O–H groups in total. The Kier molecular flexibility index (Phi) is 2.83. The zero-order valence-electron chi connectivity index (χ0n) is 10.1. The lowest BCUT2D eigenvalue weighted by Gasteiger charge is -2.07. The van der Waals surface area contributed by atoms with E-state index in [4.69, 9.17) is 5.73 Å². The maximum Gasteiger partial charge on any atom is 0.0178 e. The van der Waals surface area contributed by atoms with Crippen LogP contribution in [0.15, 0.2) is 66.7 Å². The molecule has 0 spiro atoms. The van der Waals surface area contributed by atoms with Gasteiger partial charge in [-0.2, -0.15) is 0 Å². The molecule has 0 unspecified atom stereocenters. The molecular formula is C17H15N. The summed E-state index contributed by atoms with van der Waals surface area (Å²) in [6, 6.07) is 23.4. The zero-order valence-corrected chi connectivity index (χ0v) is 10.1. The Hall–Kier alpha value is -2.12. The van der Waals surface area contributed by atoms with Crippen molar-refractivity contribution in [1.82, 2.24) is 0 Å². The van der Waals surface area contributed by atoms with Crippen molar-refractivity contribution < 1.29 is 0 Å². The Bertz CT molecular complexity index is 663.